The van der Waals surface area contributed by atoms with Gasteiger partial charge in [-0.15, -0.1) is 0 Å². The Kier molecular flexibility index (Phi) is 2.93. The summed E-state index contributed by atoms with van der Waals surface area (Å²) in [6.07, 6.45) is 1.70. The van der Waals surface area contributed by atoms with Gasteiger partial charge in [-0.25, -0.2) is 0 Å². The molecule has 0 amide bonds. The molecule has 0 unspecified atom stereocenters. The lowest BCUT2D eigenvalue weighted by Gasteiger charge is -2.02. The topological polar surface area (TPSA) is 43.4 Å². The van der Waals surface area contributed by atoms with Gasteiger partial charge in [-0.3, -0.25) is 0 Å². The Morgan fingerprint density at radius 3 is 2.23 bits per heavy atom. The molecule has 1 aromatic carbocycles. The molecular weight excluding hydrogens is 188 g/mol. The van der Waals surface area contributed by atoms with Crippen molar-refractivity contribution in [2.45, 2.75) is 6.42 Å². The second-order valence-corrected chi connectivity index (χ2v) is 4.26. The zero-order valence-corrected chi connectivity index (χ0v) is 8.17. The van der Waals surface area contributed by atoms with Gasteiger partial charge in [0, 0.05) is 0 Å². The van der Waals surface area contributed by atoms with Crippen molar-refractivity contribution in [2.75, 3.05) is 6.26 Å². The molecular formula is C9H11O3S. The fourth-order valence-electron chi connectivity index (χ4n) is 0.886. The molecule has 0 atom stereocenters. The van der Waals surface area contributed by atoms with Gasteiger partial charge in [0.05, 0.1) is 6.26 Å². The second kappa shape index (κ2) is 3.79. The Balaban J connectivity index is 2.81. The molecule has 0 spiro atoms. The molecule has 4 heteroatoms. The summed E-state index contributed by atoms with van der Waals surface area (Å²) in [5.74, 6) is 0.333. The Morgan fingerprint density at radius 2 is 1.85 bits per heavy atom. The standard InChI is InChI=1S/C9H11O3S/c1-3-8-4-6-9(7-5-8)12-13(2,10)11/h4-7H,1,3H2,2H3. The molecule has 0 aliphatic carbocycles. The molecule has 1 rings (SSSR count). The van der Waals surface area contributed by atoms with Crippen molar-refractivity contribution < 1.29 is 12.6 Å². The summed E-state index contributed by atoms with van der Waals surface area (Å²) >= 11 is 0. The fourth-order valence-corrected chi connectivity index (χ4v) is 1.35. The van der Waals surface area contributed by atoms with Gasteiger partial charge in [0.2, 0.25) is 0 Å². The minimum Gasteiger partial charge on any atom is -0.383 e. The minimum absolute atomic E-state index is 0.333. The summed E-state index contributed by atoms with van der Waals surface area (Å²) in [6, 6.07) is 6.80. The van der Waals surface area contributed by atoms with E-state index in [-0.39, 0.29) is 0 Å². The SMILES string of the molecule is [CH2]Cc1ccc(OS(C)(=O)=O)cc1. The van der Waals surface area contributed by atoms with Gasteiger partial charge >= 0.3 is 10.1 Å². The summed E-state index contributed by atoms with van der Waals surface area (Å²) in [4.78, 5) is 0. The molecule has 1 aromatic rings. The van der Waals surface area contributed by atoms with Crippen molar-refractivity contribution in [1.29, 1.82) is 0 Å². The molecule has 0 aliphatic rings. The van der Waals surface area contributed by atoms with Crippen LogP contribution in [-0.4, -0.2) is 14.7 Å². The lowest BCUT2D eigenvalue weighted by molar-refractivity contribution is 0.493. The van der Waals surface area contributed by atoms with E-state index < -0.39 is 10.1 Å². The number of hydrogen-bond donors (Lipinski definition) is 0. The van der Waals surface area contributed by atoms with E-state index in [4.69, 9.17) is 0 Å². The quantitative estimate of drug-likeness (QED) is 0.691. The Hall–Kier alpha value is -1.03. The van der Waals surface area contributed by atoms with Crippen molar-refractivity contribution in [3.8, 4) is 5.75 Å². The van der Waals surface area contributed by atoms with Crippen LogP contribution in [0.2, 0.25) is 0 Å². The third-order valence-electron chi connectivity index (χ3n) is 1.46. The highest BCUT2D eigenvalue weighted by molar-refractivity contribution is 7.86. The summed E-state index contributed by atoms with van der Waals surface area (Å²) < 4.78 is 26.1. The van der Waals surface area contributed by atoms with E-state index in [0.717, 1.165) is 11.8 Å². The average molecular weight is 199 g/mol. The fraction of sp³-hybridized carbons (Fsp3) is 0.222. The monoisotopic (exact) mass is 199 g/mol. The van der Waals surface area contributed by atoms with Crippen LogP contribution >= 0.6 is 0 Å². The maximum absolute atomic E-state index is 10.7. The molecule has 0 aliphatic heterocycles. The zero-order chi connectivity index (χ0) is 9.90. The predicted octanol–water partition coefficient (Wildman–Crippen LogP) is 1.40. The molecule has 0 saturated heterocycles. The van der Waals surface area contributed by atoms with E-state index in [2.05, 4.69) is 11.1 Å². The molecule has 1 radical (unpaired) electrons. The Labute approximate surface area is 78.5 Å². The summed E-state index contributed by atoms with van der Waals surface area (Å²) in [5.41, 5.74) is 1.04. The van der Waals surface area contributed by atoms with Crippen LogP contribution < -0.4 is 4.18 Å². The first-order valence-electron chi connectivity index (χ1n) is 3.79. The minimum atomic E-state index is -3.41. The van der Waals surface area contributed by atoms with Crippen molar-refractivity contribution in [1.82, 2.24) is 0 Å². The van der Waals surface area contributed by atoms with E-state index in [1.807, 2.05) is 0 Å². The van der Waals surface area contributed by atoms with Crippen LogP contribution in [0.4, 0.5) is 0 Å². The lowest BCUT2D eigenvalue weighted by atomic mass is 10.2. The highest BCUT2D eigenvalue weighted by Crippen LogP contribution is 2.13. The van der Waals surface area contributed by atoms with Crippen LogP contribution in [0.15, 0.2) is 24.3 Å². The van der Waals surface area contributed by atoms with E-state index >= 15 is 0 Å². The van der Waals surface area contributed by atoms with E-state index in [1.54, 1.807) is 24.3 Å². The molecule has 13 heavy (non-hydrogen) atoms. The maximum Gasteiger partial charge on any atom is 0.306 e. The zero-order valence-electron chi connectivity index (χ0n) is 7.36. The highest BCUT2D eigenvalue weighted by atomic mass is 32.2. The third-order valence-corrected chi connectivity index (χ3v) is 1.95. The van der Waals surface area contributed by atoms with Crippen molar-refractivity contribution in [2.24, 2.45) is 0 Å². The summed E-state index contributed by atoms with van der Waals surface area (Å²) in [5, 5.41) is 0. The van der Waals surface area contributed by atoms with E-state index in [1.165, 1.54) is 0 Å². The van der Waals surface area contributed by atoms with Gasteiger partial charge in [0.25, 0.3) is 0 Å². The van der Waals surface area contributed by atoms with E-state index in [0.29, 0.717) is 12.2 Å². The van der Waals surface area contributed by atoms with E-state index in [9.17, 15) is 8.42 Å². The van der Waals surface area contributed by atoms with Crippen molar-refractivity contribution in [3.05, 3.63) is 36.8 Å². The van der Waals surface area contributed by atoms with Gasteiger partial charge in [-0.2, -0.15) is 8.42 Å². The Bertz CT molecular complexity index is 364. The van der Waals surface area contributed by atoms with Crippen LogP contribution in [0, 0.1) is 6.92 Å². The molecule has 3 nitrogen and oxygen atoms in total. The van der Waals surface area contributed by atoms with Crippen LogP contribution in [-0.2, 0) is 16.5 Å². The summed E-state index contributed by atoms with van der Waals surface area (Å²) in [6.45, 7) is 3.70. The van der Waals surface area contributed by atoms with Gasteiger partial charge < -0.3 is 4.18 Å². The first-order valence-corrected chi connectivity index (χ1v) is 5.60. The third kappa shape index (κ3) is 3.46. The molecule has 0 saturated carbocycles. The first kappa shape index (κ1) is 10.1. The van der Waals surface area contributed by atoms with Crippen molar-refractivity contribution >= 4 is 10.1 Å². The number of benzene rings is 1. The largest absolute Gasteiger partial charge is 0.383 e. The second-order valence-electron chi connectivity index (χ2n) is 2.68. The predicted molar refractivity (Wildman–Crippen MR) is 51.0 cm³/mol. The maximum atomic E-state index is 10.7. The van der Waals surface area contributed by atoms with Crippen LogP contribution in [0.5, 0.6) is 5.75 Å². The van der Waals surface area contributed by atoms with Gasteiger partial charge in [-0.1, -0.05) is 12.1 Å². The van der Waals surface area contributed by atoms with Crippen LogP contribution in [0.1, 0.15) is 5.56 Å². The molecule has 0 heterocycles. The summed E-state index contributed by atoms with van der Waals surface area (Å²) in [7, 11) is -3.41. The lowest BCUT2D eigenvalue weighted by Crippen LogP contribution is -2.05. The van der Waals surface area contributed by atoms with Crippen LogP contribution in [0.3, 0.4) is 0 Å². The Morgan fingerprint density at radius 1 is 1.31 bits per heavy atom. The average Bonchev–Trinajstić information content (AvgIpc) is 2.03. The van der Waals surface area contributed by atoms with Crippen molar-refractivity contribution in [3.63, 3.8) is 0 Å². The number of hydrogen-bond acceptors (Lipinski definition) is 3. The number of rotatable bonds is 3. The highest BCUT2D eigenvalue weighted by Gasteiger charge is 2.02. The molecule has 0 bridgehead atoms. The normalized spacial score (nSPS) is 11.2. The van der Waals surface area contributed by atoms with Crippen LogP contribution in [0.25, 0.3) is 0 Å². The van der Waals surface area contributed by atoms with Gasteiger partial charge in [0.15, 0.2) is 0 Å². The van der Waals surface area contributed by atoms with Gasteiger partial charge in [-0.05, 0) is 31.0 Å². The molecule has 0 N–H and O–H groups in total. The molecule has 71 valence electrons. The van der Waals surface area contributed by atoms with Gasteiger partial charge in [0.1, 0.15) is 5.75 Å². The molecule has 0 fully saturated rings. The smallest absolute Gasteiger partial charge is 0.306 e. The molecule has 0 aromatic heterocycles. The first-order chi connectivity index (χ1) is 6.01.